The Hall–Kier alpha value is -2.01. The van der Waals surface area contributed by atoms with E-state index in [1.54, 1.807) is 18.2 Å². The normalized spacial score (nSPS) is 10.1. The number of hydrogen-bond acceptors (Lipinski definition) is 3. The average Bonchev–Trinajstić information content (AvgIpc) is 2.43. The first kappa shape index (κ1) is 14.4. The van der Waals surface area contributed by atoms with E-state index in [-0.39, 0.29) is 12.3 Å². The number of halogens is 1. The van der Waals surface area contributed by atoms with Crippen molar-refractivity contribution < 1.29 is 9.53 Å². The summed E-state index contributed by atoms with van der Waals surface area (Å²) in [5.41, 5.74) is 6.98. The van der Waals surface area contributed by atoms with Crippen LogP contribution in [0.4, 0.5) is 11.4 Å². The minimum absolute atomic E-state index is 0.105. The van der Waals surface area contributed by atoms with Gasteiger partial charge in [0, 0.05) is 10.2 Å². The topological polar surface area (TPSA) is 64.3 Å². The molecule has 2 aromatic rings. The van der Waals surface area contributed by atoms with E-state index in [2.05, 4.69) is 21.2 Å². The van der Waals surface area contributed by atoms with Gasteiger partial charge in [-0.25, -0.2) is 0 Å². The number of rotatable bonds is 5. The molecule has 0 spiro atoms. The molecular formula is C15H15BrN2O2. The maximum Gasteiger partial charge on any atom is 0.227 e. The number of ether oxygens (including phenoxy) is 1. The van der Waals surface area contributed by atoms with Gasteiger partial charge in [-0.05, 0) is 46.3 Å². The minimum Gasteiger partial charge on any atom is -0.493 e. The SMILES string of the molecule is Nc1ccc(NC(=O)CCOc2ccccc2)c(Br)c1. The molecule has 0 aliphatic carbocycles. The standard InChI is InChI=1S/C15H15BrN2O2/c16-13-10-11(17)6-7-14(13)18-15(19)8-9-20-12-4-2-1-3-5-12/h1-7,10H,8-9,17H2,(H,18,19). The van der Waals surface area contributed by atoms with Crippen molar-refractivity contribution in [3.05, 3.63) is 53.0 Å². The van der Waals surface area contributed by atoms with Gasteiger partial charge in [-0.1, -0.05) is 18.2 Å². The molecule has 0 heterocycles. The zero-order valence-electron chi connectivity index (χ0n) is 10.8. The molecule has 20 heavy (non-hydrogen) atoms. The lowest BCUT2D eigenvalue weighted by Crippen LogP contribution is -2.15. The van der Waals surface area contributed by atoms with Crippen molar-refractivity contribution in [1.29, 1.82) is 0 Å². The molecule has 1 amide bonds. The van der Waals surface area contributed by atoms with Gasteiger partial charge >= 0.3 is 0 Å². The van der Waals surface area contributed by atoms with Crippen molar-refractivity contribution in [3.63, 3.8) is 0 Å². The van der Waals surface area contributed by atoms with Gasteiger partial charge in [-0.3, -0.25) is 4.79 Å². The molecule has 0 bridgehead atoms. The molecule has 0 saturated carbocycles. The van der Waals surface area contributed by atoms with Crippen LogP contribution in [-0.2, 0) is 4.79 Å². The number of para-hydroxylation sites is 1. The van der Waals surface area contributed by atoms with Gasteiger partial charge in [-0.15, -0.1) is 0 Å². The number of nitrogen functional groups attached to an aromatic ring is 1. The molecule has 0 aliphatic rings. The second-order valence-corrected chi connectivity index (χ2v) is 5.05. The lowest BCUT2D eigenvalue weighted by Gasteiger charge is -2.09. The van der Waals surface area contributed by atoms with Crippen molar-refractivity contribution in [2.24, 2.45) is 0 Å². The smallest absolute Gasteiger partial charge is 0.227 e. The molecule has 0 aliphatic heterocycles. The lowest BCUT2D eigenvalue weighted by atomic mass is 10.3. The van der Waals surface area contributed by atoms with Crippen LogP contribution in [0.15, 0.2) is 53.0 Å². The van der Waals surface area contributed by atoms with E-state index >= 15 is 0 Å². The number of anilines is 2. The molecule has 0 aromatic heterocycles. The fraction of sp³-hybridized carbons (Fsp3) is 0.133. The third-order valence-electron chi connectivity index (χ3n) is 2.61. The second kappa shape index (κ2) is 6.96. The number of carbonyl (C=O) groups excluding carboxylic acids is 1. The van der Waals surface area contributed by atoms with Crippen LogP contribution in [0.2, 0.25) is 0 Å². The lowest BCUT2D eigenvalue weighted by molar-refractivity contribution is -0.116. The van der Waals surface area contributed by atoms with E-state index < -0.39 is 0 Å². The molecule has 0 fully saturated rings. The summed E-state index contributed by atoms with van der Waals surface area (Å²) < 4.78 is 6.23. The molecule has 2 rings (SSSR count). The zero-order chi connectivity index (χ0) is 14.4. The summed E-state index contributed by atoms with van der Waals surface area (Å²) in [6.07, 6.45) is 0.283. The quantitative estimate of drug-likeness (QED) is 0.823. The Kier molecular flexibility index (Phi) is 5.01. The number of hydrogen-bond donors (Lipinski definition) is 2. The third kappa shape index (κ3) is 4.28. The molecule has 0 radical (unpaired) electrons. The number of nitrogens with two attached hydrogens (primary N) is 1. The Morgan fingerprint density at radius 3 is 2.65 bits per heavy atom. The zero-order valence-corrected chi connectivity index (χ0v) is 12.4. The Morgan fingerprint density at radius 2 is 1.95 bits per heavy atom. The third-order valence-corrected chi connectivity index (χ3v) is 3.26. The molecule has 0 atom stereocenters. The fourth-order valence-electron chi connectivity index (χ4n) is 1.62. The van der Waals surface area contributed by atoms with E-state index in [1.165, 1.54) is 0 Å². The van der Waals surface area contributed by atoms with Crippen LogP contribution < -0.4 is 15.8 Å². The maximum absolute atomic E-state index is 11.8. The van der Waals surface area contributed by atoms with Gasteiger partial charge in [0.2, 0.25) is 5.91 Å². The van der Waals surface area contributed by atoms with E-state index in [9.17, 15) is 4.79 Å². The van der Waals surface area contributed by atoms with Gasteiger partial charge in [0.05, 0.1) is 18.7 Å². The predicted octanol–water partition coefficient (Wildman–Crippen LogP) is 3.44. The van der Waals surface area contributed by atoms with Crippen LogP contribution in [0.25, 0.3) is 0 Å². The Balaban J connectivity index is 1.81. The predicted molar refractivity (Wildman–Crippen MR) is 83.7 cm³/mol. The highest BCUT2D eigenvalue weighted by atomic mass is 79.9. The van der Waals surface area contributed by atoms with E-state index in [0.29, 0.717) is 18.0 Å². The highest BCUT2D eigenvalue weighted by Crippen LogP contribution is 2.24. The summed E-state index contributed by atoms with van der Waals surface area (Å²) in [5, 5.41) is 2.80. The highest BCUT2D eigenvalue weighted by Gasteiger charge is 2.06. The molecule has 3 N–H and O–H groups in total. The van der Waals surface area contributed by atoms with Gasteiger partial charge in [-0.2, -0.15) is 0 Å². The monoisotopic (exact) mass is 334 g/mol. The Labute approximate surface area is 126 Å². The van der Waals surface area contributed by atoms with Crippen molar-refractivity contribution in [1.82, 2.24) is 0 Å². The minimum atomic E-state index is -0.105. The van der Waals surface area contributed by atoms with Gasteiger partial charge in [0.15, 0.2) is 0 Å². The number of amides is 1. The molecule has 2 aromatic carbocycles. The molecule has 5 heteroatoms. The van der Waals surface area contributed by atoms with Crippen molar-refractivity contribution in [3.8, 4) is 5.75 Å². The maximum atomic E-state index is 11.8. The Morgan fingerprint density at radius 1 is 1.20 bits per heavy atom. The van der Waals surface area contributed by atoms with Crippen molar-refractivity contribution in [2.45, 2.75) is 6.42 Å². The molecule has 104 valence electrons. The largest absolute Gasteiger partial charge is 0.493 e. The van der Waals surface area contributed by atoms with Crippen molar-refractivity contribution in [2.75, 3.05) is 17.7 Å². The van der Waals surface area contributed by atoms with Crippen LogP contribution in [-0.4, -0.2) is 12.5 Å². The first-order valence-corrected chi connectivity index (χ1v) is 6.97. The average molecular weight is 335 g/mol. The van der Waals surface area contributed by atoms with Gasteiger partial charge in [0.1, 0.15) is 5.75 Å². The Bertz CT molecular complexity index is 588. The first-order chi connectivity index (χ1) is 9.65. The van der Waals surface area contributed by atoms with Crippen LogP contribution in [0.3, 0.4) is 0 Å². The molecule has 0 unspecified atom stereocenters. The summed E-state index contributed by atoms with van der Waals surface area (Å²) in [6.45, 7) is 0.336. The summed E-state index contributed by atoms with van der Waals surface area (Å²) in [4.78, 5) is 11.8. The number of benzene rings is 2. The fourth-order valence-corrected chi connectivity index (χ4v) is 2.12. The van der Waals surface area contributed by atoms with Crippen molar-refractivity contribution >= 4 is 33.2 Å². The molecular weight excluding hydrogens is 320 g/mol. The summed E-state index contributed by atoms with van der Waals surface area (Å²) in [7, 11) is 0. The van der Waals surface area contributed by atoms with E-state index in [0.717, 1.165) is 10.2 Å². The van der Waals surface area contributed by atoms with Gasteiger partial charge in [0.25, 0.3) is 0 Å². The van der Waals surface area contributed by atoms with E-state index in [1.807, 2.05) is 30.3 Å². The van der Waals surface area contributed by atoms with Crippen LogP contribution >= 0.6 is 15.9 Å². The van der Waals surface area contributed by atoms with Gasteiger partial charge < -0.3 is 15.8 Å². The highest BCUT2D eigenvalue weighted by molar-refractivity contribution is 9.10. The number of carbonyl (C=O) groups is 1. The van der Waals surface area contributed by atoms with Crippen LogP contribution in [0.1, 0.15) is 6.42 Å². The van der Waals surface area contributed by atoms with E-state index in [4.69, 9.17) is 10.5 Å². The summed E-state index contributed by atoms with van der Waals surface area (Å²) in [6, 6.07) is 14.6. The second-order valence-electron chi connectivity index (χ2n) is 4.20. The molecule has 0 saturated heterocycles. The first-order valence-electron chi connectivity index (χ1n) is 6.18. The van der Waals surface area contributed by atoms with Crippen LogP contribution in [0.5, 0.6) is 5.75 Å². The number of nitrogens with one attached hydrogen (secondary N) is 1. The van der Waals surface area contributed by atoms with Crippen LogP contribution in [0, 0.1) is 0 Å². The summed E-state index contributed by atoms with van der Waals surface area (Å²) >= 11 is 3.35. The molecule has 4 nitrogen and oxygen atoms in total. The summed E-state index contributed by atoms with van der Waals surface area (Å²) in [5.74, 6) is 0.653.